The maximum Gasteiger partial charge on any atom is 0.269 e. The van der Waals surface area contributed by atoms with E-state index < -0.39 is 10.8 Å². The molecule has 0 atom stereocenters. The van der Waals surface area contributed by atoms with Crippen LogP contribution in [0.15, 0.2) is 60.8 Å². The second-order valence-corrected chi connectivity index (χ2v) is 5.99. The van der Waals surface area contributed by atoms with Crippen molar-refractivity contribution < 1.29 is 9.72 Å². The molecule has 1 heterocycles. The first-order chi connectivity index (χ1) is 13.4. The zero-order valence-corrected chi connectivity index (χ0v) is 15.1. The molecule has 1 aromatic heterocycles. The molecule has 0 radical (unpaired) electrons. The molecule has 142 valence electrons. The van der Waals surface area contributed by atoms with E-state index in [1.165, 1.54) is 12.1 Å². The maximum absolute atomic E-state index is 11.3. The van der Waals surface area contributed by atoms with Gasteiger partial charge in [0.2, 0.25) is 11.9 Å². The SMILES string of the molecule is CN(c1ccc([N+](=O)[O-])cc1)c1ccnc(NCc2cccc(C(N)=O)c2)n1. The van der Waals surface area contributed by atoms with E-state index in [-0.39, 0.29) is 5.69 Å². The summed E-state index contributed by atoms with van der Waals surface area (Å²) in [7, 11) is 1.81. The van der Waals surface area contributed by atoms with Crippen LogP contribution in [0.25, 0.3) is 0 Å². The molecule has 1 amide bonds. The standard InChI is InChI=1S/C19H18N6O3/c1-24(15-5-7-16(8-6-15)25(27)28)17-9-10-21-19(23-17)22-12-13-3-2-4-14(11-13)18(20)26/h2-11H,12H2,1H3,(H2,20,26)(H,21,22,23). The molecule has 3 rings (SSSR count). The minimum atomic E-state index is -0.482. The number of primary amides is 1. The zero-order chi connectivity index (χ0) is 20.1. The van der Waals surface area contributed by atoms with Crippen LogP contribution in [-0.2, 0) is 6.54 Å². The molecule has 0 bridgehead atoms. The third-order valence-corrected chi connectivity index (χ3v) is 4.09. The fraction of sp³-hybridized carbons (Fsp3) is 0.105. The number of carbonyl (C=O) groups is 1. The van der Waals surface area contributed by atoms with Crippen LogP contribution in [0.5, 0.6) is 0 Å². The van der Waals surface area contributed by atoms with Gasteiger partial charge in [-0.3, -0.25) is 14.9 Å². The second-order valence-electron chi connectivity index (χ2n) is 5.99. The molecular formula is C19H18N6O3. The van der Waals surface area contributed by atoms with Crippen LogP contribution in [0, 0.1) is 10.1 Å². The lowest BCUT2D eigenvalue weighted by Crippen LogP contribution is -2.13. The number of non-ortho nitro benzene ring substituents is 1. The largest absolute Gasteiger partial charge is 0.366 e. The fourth-order valence-electron chi connectivity index (χ4n) is 2.57. The topological polar surface area (TPSA) is 127 Å². The fourth-order valence-corrected chi connectivity index (χ4v) is 2.57. The van der Waals surface area contributed by atoms with Crippen LogP contribution >= 0.6 is 0 Å². The summed E-state index contributed by atoms with van der Waals surface area (Å²) in [4.78, 5) is 32.1. The average Bonchev–Trinajstić information content (AvgIpc) is 2.72. The highest BCUT2D eigenvalue weighted by molar-refractivity contribution is 5.92. The Kier molecular flexibility index (Phi) is 5.45. The van der Waals surface area contributed by atoms with Crippen LogP contribution in [-0.4, -0.2) is 27.8 Å². The summed E-state index contributed by atoms with van der Waals surface area (Å²) in [6.07, 6.45) is 1.62. The molecule has 0 fully saturated rings. The molecule has 9 nitrogen and oxygen atoms in total. The van der Waals surface area contributed by atoms with Gasteiger partial charge in [0.1, 0.15) is 5.82 Å². The third-order valence-electron chi connectivity index (χ3n) is 4.09. The van der Waals surface area contributed by atoms with Crippen LogP contribution in [0.3, 0.4) is 0 Å². The summed E-state index contributed by atoms with van der Waals surface area (Å²) in [6, 6.07) is 14.9. The first-order valence-electron chi connectivity index (χ1n) is 8.38. The minimum absolute atomic E-state index is 0.0281. The van der Waals surface area contributed by atoms with Crippen molar-refractivity contribution in [2.24, 2.45) is 5.73 Å². The number of amides is 1. The van der Waals surface area contributed by atoms with Gasteiger partial charge in [0.05, 0.1) is 4.92 Å². The van der Waals surface area contributed by atoms with E-state index in [0.717, 1.165) is 11.3 Å². The highest BCUT2D eigenvalue weighted by atomic mass is 16.6. The van der Waals surface area contributed by atoms with Crippen LogP contribution in [0.1, 0.15) is 15.9 Å². The lowest BCUT2D eigenvalue weighted by molar-refractivity contribution is -0.384. The number of aromatic nitrogens is 2. The number of nitrogens with zero attached hydrogens (tertiary/aromatic N) is 4. The Labute approximate surface area is 161 Å². The first kappa shape index (κ1) is 18.8. The average molecular weight is 378 g/mol. The molecule has 9 heteroatoms. The van der Waals surface area contributed by atoms with E-state index in [0.29, 0.717) is 23.9 Å². The van der Waals surface area contributed by atoms with Gasteiger partial charge in [-0.15, -0.1) is 0 Å². The predicted octanol–water partition coefficient (Wildman–Crippen LogP) is 2.86. The van der Waals surface area contributed by atoms with Crippen molar-refractivity contribution >= 4 is 29.0 Å². The van der Waals surface area contributed by atoms with E-state index in [1.807, 2.05) is 13.1 Å². The van der Waals surface area contributed by atoms with Gasteiger partial charge in [-0.1, -0.05) is 12.1 Å². The number of nitro benzene ring substituents is 1. The number of carbonyl (C=O) groups excluding carboxylic acids is 1. The summed E-state index contributed by atoms with van der Waals surface area (Å²) >= 11 is 0. The summed E-state index contributed by atoms with van der Waals surface area (Å²) < 4.78 is 0. The number of anilines is 3. The molecule has 0 saturated heterocycles. The summed E-state index contributed by atoms with van der Waals surface area (Å²) in [6.45, 7) is 0.422. The number of benzene rings is 2. The van der Waals surface area contributed by atoms with Gasteiger partial charge in [-0.05, 0) is 35.9 Å². The monoisotopic (exact) mass is 378 g/mol. The molecule has 2 aromatic carbocycles. The second kappa shape index (κ2) is 8.12. The quantitative estimate of drug-likeness (QED) is 0.478. The van der Waals surface area contributed by atoms with Crippen molar-refractivity contribution in [1.29, 1.82) is 0 Å². The molecule has 0 aliphatic heterocycles. The lowest BCUT2D eigenvalue weighted by atomic mass is 10.1. The van der Waals surface area contributed by atoms with E-state index in [9.17, 15) is 14.9 Å². The first-order valence-corrected chi connectivity index (χ1v) is 8.38. The van der Waals surface area contributed by atoms with Crippen molar-refractivity contribution in [2.75, 3.05) is 17.3 Å². The number of nitrogens with two attached hydrogens (primary N) is 1. The molecule has 0 saturated carbocycles. The van der Waals surface area contributed by atoms with Gasteiger partial charge in [-0.2, -0.15) is 4.98 Å². The number of nitro groups is 1. The summed E-state index contributed by atoms with van der Waals surface area (Å²) in [5.74, 6) is 0.554. The van der Waals surface area contributed by atoms with Crippen molar-refractivity contribution in [2.45, 2.75) is 6.54 Å². The summed E-state index contributed by atoms with van der Waals surface area (Å²) in [5.41, 5.74) is 7.39. The van der Waals surface area contributed by atoms with E-state index in [4.69, 9.17) is 5.73 Å². The van der Waals surface area contributed by atoms with Crippen molar-refractivity contribution in [3.8, 4) is 0 Å². The number of hydrogen-bond acceptors (Lipinski definition) is 7. The Bertz CT molecular complexity index is 1010. The van der Waals surface area contributed by atoms with Gasteiger partial charge in [0.15, 0.2) is 0 Å². The Balaban J connectivity index is 1.72. The van der Waals surface area contributed by atoms with Gasteiger partial charge < -0.3 is 16.0 Å². The van der Waals surface area contributed by atoms with E-state index >= 15 is 0 Å². The minimum Gasteiger partial charge on any atom is -0.366 e. The Morgan fingerprint density at radius 3 is 2.64 bits per heavy atom. The molecule has 3 aromatic rings. The highest BCUT2D eigenvalue weighted by Crippen LogP contribution is 2.24. The summed E-state index contributed by atoms with van der Waals surface area (Å²) in [5, 5.41) is 13.9. The van der Waals surface area contributed by atoms with Crippen LogP contribution < -0.4 is 16.0 Å². The number of rotatable bonds is 7. The predicted molar refractivity (Wildman–Crippen MR) is 105 cm³/mol. The zero-order valence-electron chi connectivity index (χ0n) is 15.1. The molecular weight excluding hydrogens is 360 g/mol. The normalized spacial score (nSPS) is 10.3. The van der Waals surface area contributed by atoms with Crippen molar-refractivity contribution in [3.05, 3.63) is 82.0 Å². The Morgan fingerprint density at radius 1 is 1.21 bits per heavy atom. The van der Waals surface area contributed by atoms with Gasteiger partial charge in [0.25, 0.3) is 5.69 Å². The smallest absolute Gasteiger partial charge is 0.269 e. The van der Waals surface area contributed by atoms with Gasteiger partial charge in [-0.25, -0.2) is 4.98 Å². The van der Waals surface area contributed by atoms with Crippen LogP contribution in [0.2, 0.25) is 0 Å². The molecule has 0 unspecified atom stereocenters. The van der Waals surface area contributed by atoms with Gasteiger partial charge in [0, 0.05) is 43.2 Å². The maximum atomic E-state index is 11.3. The van der Waals surface area contributed by atoms with Crippen molar-refractivity contribution in [1.82, 2.24) is 9.97 Å². The number of hydrogen-bond donors (Lipinski definition) is 2. The molecule has 0 aliphatic carbocycles. The Morgan fingerprint density at radius 2 is 1.96 bits per heavy atom. The number of nitrogens with one attached hydrogen (secondary N) is 1. The van der Waals surface area contributed by atoms with E-state index in [2.05, 4.69) is 15.3 Å². The Hall–Kier alpha value is -4.01. The van der Waals surface area contributed by atoms with Gasteiger partial charge >= 0.3 is 0 Å². The van der Waals surface area contributed by atoms with Crippen molar-refractivity contribution in [3.63, 3.8) is 0 Å². The highest BCUT2D eigenvalue weighted by Gasteiger charge is 2.10. The van der Waals surface area contributed by atoms with Crippen LogP contribution in [0.4, 0.5) is 23.1 Å². The molecule has 0 spiro atoms. The lowest BCUT2D eigenvalue weighted by Gasteiger charge is -2.18. The molecule has 0 aliphatic rings. The van der Waals surface area contributed by atoms with E-state index in [1.54, 1.807) is 47.5 Å². The molecule has 3 N–H and O–H groups in total. The molecule has 28 heavy (non-hydrogen) atoms. The third kappa shape index (κ3) is 4.39.